The molecule has 3 aromatic rings. The normalized spacial score (nSPS) is 14.8. The summed E-state index contributed by atoms with van der Waals surface area (Å²) in [6.07, 6.45) is 6.30. The molecule has 2 N–H and O–H groups in total. The third-order valence-corrected chi connectivity index (χ3v) is 7.03. The monoisotopic (exact) mass is 490 g/mol. The van der Waals surface area contributed by atoms with Gasteiger partial charge in [0.2, 0.25) is 0 Å². The van der Waals surface area contributed by atoms with Crippen LogP contribution in [0.4, 0.5) is 10.5 Å². The second-order valence-electron chi connectivity index (χ2n) is 9.24. The van der Waals surface area contributed by atoms with E-state index in [1.165, 1.54) is 37.7 Å². The Balaban J connectivity index is 1.56. The molecule has 35 heavy (non-hydrogen) atoms. The zero-order chi connectivity index (χ0) is 24.8. The fourth-order valence-electron chi connectivity index (χ4n) is 4.68. The minimum Gasteiger partial charge on any atom is -0.478 e. The van der Waals surface area contributed by atoms with Crippen LogP contribution in [0, 0.1) is 0 Å². The number of benzene rings is 3. The Morgan fingerprint density at radius 1 is 0.943 bits per heavy atom. The molecule has 6 heteroatoms. The highest BCUT2D eigenvalue weighted by Crippen LogP contribution is 2.33. The van der Waals surface area contributed by atoms with E-state index in [1.54, 1.807) is 29.2 Å². The minimum absolute atomic E-state index is 0.210. The molecule has 1 saturated carbocycles. The highest BCUT2D eigenvalue weighted by atomic mass is 35.5. The molecule has 1 aliphatic carbocycles. The van der Waals surface area contributed by atoms with Gasteiger partial charge >= 0.3 is 12.0 Å². The number of carboxylic acids is 1. The van der Waals surface area contributed by atoms with Crippen LogP contribution in [0.3, 0.4) is 0 Å². The van der Waals surface area contributed by atoms with E-state index in [-0.39, 0.29) is 17.6 Å². The number of carbonyl (C=O) groups is 2. The second kappa shape index (κ2) is 11.4. The fraction of sp³-hybridized carbons (Fsp3) is 0.310. The molecule has 0 aliphatic heterocycles. The van der Waals surface area contributed by atoms with E-state index in [4.69, 9.17) is 11.6 Å². The first-order valence-corrected chi connectivity index (χ1v) is 12.5. The van der Waals surface area contributed by atoms with Crippen molar-refractivity contribution in [2.75, 3.05) is 4.90 Å². The van der Waals surface area contributed by atoms with Gasteiger partial charge in [-0.05, 0) is 78.8 Å². The zero-order valence-corrected chi connectivity index (χ0v) is 20.7. The first kappa shape index (κ1) is 24.8. The summed E-state index contributed by atoms with van der Waals surface area (Å²) in [5.74, 6) is -0.380. The van der Waals surface area contributed by atoms with Crippen molar-refractivity contribution in [3.05, 3.63) is 100 Å². The number of amides is 2. The van der Waals surface area contributed by atoms with E-state index in [1.807, 2.05) is 43.3 Å². The van der Waals surface area contributed by atoms with E-state index < -0.39 is 5.97 Å². The lowest BCUT2D eigenvalue weighted by Crippen LogP contribution is -2.40. The summed E-state index contributed by atoms with van der Waals surface area (Å²) in [6.45, 7) is 2.26. The molecule has 1 fully saturated rings. The molecule has 5 nitrogen and oxygen atoms in total. The number of hydrogen-bond donors (Lipinski definition) is 2. The summed E-state index contributed by atoms with van der Waals surface area (Å²) in [4.78, 5) is 26.4. The largest absolute Gasteiger partial charge is 0.478 e. The molecule has 0 heterocycles. The van der Waals surface area contributed by atoms with E-state index >= 15 is 0 Å². The first-order valence-electron chi connectivity index (χ1n) is 12.2. The second-order valence-corrected chi connectivity index (χ2v) is 9.67. The molecule has 1 unspecified atom stereocenters. The maximum Gasteiger partial charge on any atom is 0.335 e. The van der Waals surface area contributed by atoms with Crippen LogP contribution in [-0.4, -0.2) is 17.1 Å². The molecule has 1 aliphatic rings. The Bertz CT molecular complexity index is 1140. The molecule has 0 saturated heterocycles. The van der Waals surface area contributed by atoms with E-state index in [9.17, 15) is 14.7 Å². The number of anilines is 1. The topological polar surface area (TPSA) is 69.6 Å². The van der Waals surface area contributed by atoms with Crippen molar-refractivity contribution < 1.29 is 14.7 Å². The summed E-state index contributed by atoms with van der Waals surface area (Å²) < 4.78 is 0. The number of carbonyl (C=O) groups excluding carboxylic acids is 1. The Kier molecular flexibility index (Phi) is 8.09. The molecular formula is C29H31ClN2O3. The van der Waals surface area contributed by atoms with Crippen LogP contribution in [-0.2, 0) is 6.54 Å². The lowest BCUT2D eigenvalue weighted by molar-refractivity contribution is 0.0697. The van der Waals surface area contributed by atoms with Crippen LogP contribution in [0.5, 0.6) is 0 Å². The summed E-state index contributed by atoms with van der Waals surface area (Å²) in [5, 5.41) is 12.9. The van der Waals surface area contributed by atoms with Gasteiger partial charge in [0.15, 0.2) is 0 Å². The van der Waals surface area contributed by atoms with Crippen LogP contribution in [0.1, 0.15) is 78.0 Å². The molecule has 0 radical (unpaired) electrons. The van der Waals surface area contributed by atoms with Gasteiger partial charge < -0.3 is 10.4 Å². The van der Waals surface area contributed by atoms with Crippen molar-refractivity contribution in [2.45, 2.75) is 57.5 Å². The predicted octanol–water partition coefficient (Wildman–Crippen LogP) is 7.56. The van der Waals surface area contributed by atoms with Crippen molar-refractivity contribution in [1.29, 1.82) is 0 Å². The average molecular weight is 491 g/mol. The lowest BCUT2D eigenvalue weighted by atomic mass is 9.84. The van der Waals surface area contributed by atoms with E-state index in [0.29, 0.717) is 17.5 Å². The molecule has 2 amide bonds. The quantitative estimate of drug-likeness (QED) is 0.359. The van der Waals surface area contributed by atoms with Crippen LogP contribution in [0.2, 0.25) is 5.02 Å². The van der Waals surface area contributed by atoms with Gasteiger partial charge in [-0.15, -0.1) is 0 Å². The number of urea groups is 1. The lowest BCUT2D eigenvalue weighted by Gasteiger charge is -2.27. The third kappa shape index (κ3) is 6.43. The third-order valence-electron chi connectivity index (χ3n) is 6.78. The van der Waals surface area contributed by atoms with Crippen LogP contribution in [0.15, 0.2) is 72.8 Å². The van der Waals surface area contributed by atoms with Gasteiger partial charge in [0, 0.05) is 10.7 Å². The Labute approximate surface area is 211 Å². The number of aromatic carboxylic acids is 1. The van der Waals surface area contributed by atoms with Crippen LogP contribution >= 0.6 is 11.6 Å². The molecule has 182 valence electrons. The number of hydrogen-bond acceptors (Lipinski definition) is 2. The zero-order valence-electron chi connectivity index (χ0n) is 19.9. The number of halogens is 1. The van der Waals surface area contributed by atoms with Gasteiger partial charge in [0.1, 0.15) is 0 Å². The van der Waals surface area contributed by atoms with Gasteiger partial charge in [0.25, 0.3) is 0 Å². The number of carboxylic acid groups (broad SMARTS) is 1. The summed E-state index contributed by atoms with van der Waals surface area (Å²) in [6, 6.07) is 21.9. The maximum absolute atomic E-state index is 13.5. The Hall–Kier alpha value is -3.31. The number of nitrogens with zero attached hydrogens (tertiary/aromatic N) is 1. The summed E-state index contributed by atoms with van der Waals surface area (Å²) >= 11 is 6.01. The Morgan fingerprint density at radius 2 is 1.57 bits per heavy atom. The van der Waals surface area contributed by atoms with Gasteiger partial charge in [-0.2, -0.15) is 0 Å². The summed E-state index contributed by atoms with van der Waals surface area (Å²) in [7, 11) is 0. The average Bonchev–Trinajstić information content (AvgIpc) is 2.88. The van der Waals surface area contributed by atoms with E-state index in [2.05, 4.69) is 17.4 Å². The van der Waals surface area contributed by atoms with E-state index in [0.717, 1.165) is 16.8 Å². The van der Waals surface area contributed by atoms with Crippen molar-refractivity contribution in [3.63, 3.8) is 0 Å². The molecule has 0 aromatic heterocycles. The number of nitrogens with one attached hydrogen (secondary N) is 1. The van der Waals surface area contributed by atoms with Crippen molar-refractivity contribution in [3.8, 4) is 0 Å². The first-order chi connectivity index (χ1) is 16.9. The highest BCUT2D eigenvalue weighted by Gasteiger charge is 2.21. The van der Waals surface area contributed by atoms with Gasteiger partial charge in [-0.1, -0.05) is 67.3 Å². The number of rotatable bonds is 7. The minimum atomic E-state index is -0.971. The summed E-state index contributed by atoms with van der Waals surface area (Å²) in [5.41, 5.74) is 4.15. The van der Waals surface area contributed by atoms with Crippen molar-refractivity contribution in [2.24, 2.45) is 0 Å². The standard InChI is InChI=1S/C29H31ClN2O3/c1-20(22-11-15-26(30)16-12-22)31-29(35)32(19-21-7-9-25(10-8-21)28(33)34)27-17-13-24(14-18-27)23-5-3-2-4-6-23/h7-18,20,23H,2-6,19H2,1H3,(H,31,35)(H,33,34). The van der Waals surface area contributed by atoms with Gasteiger partial charge in [0.05, 0.1) is 18.2 Å². The van der Waals surface area contributed by atoms with Crippen molar-refractivity contribution >= 4 is 29.3 Å². The van der Waals surface area contributed by atoms with Gasteiger partial charge in [-0.25, -0.2) is 9.59 Å². The predicted molar refractivity (Wildman–Crippen MR) is 140 cm³/mol. The van der Waals surface area contributed by atoms with Crippen molar-refractivity contribution in [1.82, 2.24) is 5.32 Å². The maximum atomic E-state index is 13.5. The molecule has 0 bridgehead atoms. The molecule has 4 rings (SSSR count). The SMILES string of the molecule is CC(NC(=O)N(Cc1ccc(C(=O)O)cc1)c1ccc(C2CCCCC2)cc1)c1ccc(Cl)cc1. The molecular weight excluding hydrogens is 460 g/mol. The smallest absolute Gasteiger partial charge is 0.335 e. The highest BCUT2D eigenvalue weighted by molar-refractivity contribution is 6.30. The Morgan fingerprint density at radius 3 is 2.17 bits per heavy atom. The molecule has 1 atom stereocenters. The van der Waals surface area contributed by atoms with Crippen LogP contribution < -0.4 is 10.2 Å². The van der Waals surface area contributed by atoms with Gasteiger partial charge in [-0.3, -0.25) is 4.90 Å². The fourth-order valence-corrected chi connectivity index (χ4v) is 4.80. The molecule has 0 spiro atoms. The molecule has 3 aromatic carbocycles. The van der Waals surface area contributed by atoms with Crippen LogP contribution in [0.25, 0.3) is 0 Å².